The molecule has 1 fully saturated rings. The molecule has 2 unspecified atom stereocenters. The van der Waals surface area contributed by atoms with Gasteiger partial charge in [0.25, 0.3) is 5.56 Å². The maximum atomic E-state index is 13.3. The van der Waals surface area contributed by atoms with E-state index in [0.29, 0.717) is 29.3 Å². The Labute approximate surface area is 164 Å². The number of methoxy groups -OCH3 is 1. The minimum atomic E-state index is -0.310. The van der Waals surface area contributed by atoms with Crippen molar-refractivity contribution >= 4 is 21.6 Å². The molecule has 1 N–H and O–H groups in total. The van der Waals surface area contributed by atoms with E-state index < -0.39 is 0 Å². The van der Waals surface area contributed by atoms with Crippen molar-refractivity contribution < 1.29 is 4.74 Å². The SMILES string of the molecule is CCC1CC1n1c(=O)c2c(C)c(Cn3nc[nH]c3=O)sc2n(CCOC)c1=O. The molecule has 0 bridgehead atoms. The third-order valence-corrected chi connectivity index (χ3v) is 6.81. The third kappa shape index (κ3) is 2.96. The largest absolute Gasteiger partial charge is 0.383 e. The van der Waals surface area contributed by atoms with Gasteiger partial charge in [-0.1, -0.05) is 13.3 Å². The van der Waals surface area contributed by atoms with Crippen LogP contribution in [0.15, 0.2) is 20.7 Å². The van der Waals surface area contributed by atoms with Crippen molar-refractivity contribution in [3.8, 4) is 0 Å². The molecular formula is C18H23N5O4S. The van der Waals surface area contributed by atoms with Gasteiger partial charge in [-0.05, 0) is 24.8 Å². The van der Waals surface area contributed by atoms with Gasteiger partial charge in [-0.2, -0.15) is 5.10 Å². The molecule has 1 aliphatic rings. The molecule has 1 aliphatic carbocycles. The first-order chi connectivity index (χ1) is 13.5. The van der Waals surface area contributed by atoms with Crippen molar-refractivity contribution in [1.29, 1.82) is 0 Å². The second-order valence-electron chi connectivity index (χ2n) is 7.16. The van der Waals surface area contributed by atoms with Crippen LogP contribution in [-0.2, 0) is 17.8 Å². The van der Waals surface area contributed by atoms with Crippen LogP contribution in [0.25, 0.3) is 10.2 Å². The van der Waals surface area contributed by atoms with Crippen molar-refractivity contribution in [3.05, 3.63) is 48.1 Å². The quantitative estimate of drug-likeness (QED) is 0.634. The summed E-state index contributed by atoms with van der Waals surface area (Å²) in [6.07, 6.45) is 3.15. The topological polar surface area (TPSA) is 104 Å². The van der Waals surface area contributed by atoms with Crippen LogP contribution >= 0.6 is 11.3 Å². The third-order valence-electron chi connectivity index (χ3n) is 5.52. The highest BCUT2D eigenvalue weighted by Crippen LogP contribution is 2.44. The van der Waals surface area contributed by atoms with Gasteiger partial charge in [-0.15, -0.1) is 11.3 Å². The average Bonchev–Trinajstić information content (AvgIpc) is 3.22. The van der Waals surface area contributed by atoms with Gasteiger partial charge in [0.2, 0.25) is 0 Å². The molecule has 3 aromatic rings. The second kappa shape index (κ2) is 7.17. The monoisotopic (exact) mass is 405 g/mol. The Morgan fingerprint density at radius 1 is 1.36 bits per heavy atom. The van der Waals surface area contributed by atoms with Crippen LogP contribution in [-0.4, -0.2) is 37.6 Å². The standard InChI is InChI=1S/C18H23N5O4S/c1-4-11-7-12(11)23-15(24)14-10(2)13(8-22-17(25)19-9-20-22)28-16(14)21(18(23)26)5-6-27-3/h9,11-12H,4-8H2,1-3H3,(H,19,20,25). The summed E-state index contributed by atoms with van der Waals surface area (Å²) >= 11 is 1.36. The van der Waals surface area contributed by atoms with Gasteiger partial charge in [-0.25, -0.2) is 14.3 Å². The zero-order chi connectivity index (χ0) is 20.0. The molecule has 1 saturated carbocycles. The lowest BCUT2D eigenvalue weighted by molar-refractivity contribution is 0.186. The smallest absolute Gasteiger partial charge is 0.343 e. The molecule has 0 saturated heterocycles. The first-order valence-electron chi connectivity index (χ1n) is 9.34. The van der Waals surface area contributed by atoms with Crippen molar-refractivity contribution in [2.75, 3.05) is 13.7 Å². The number of ether oxygens (including phenoxy) is 1. The number of hydrogen-bond donors (Lipinski definition) is 1. The van der Waals surface area contributed by atoms with Gasteiger partial charge < -0.3 is 4.74 Å². The van der Waals surface area contributed by atoms with E-state index in [2.05, 4.69) is 17.0 Å². The lowest BCUT2D eigenvalue weighted by Gasteiger charge is -2.11. The zero-order valence-electron chi connectivity index (χ0n) is 16.1. The summed E-state index contributed by atoms with van der Waals surface area (Å²) in [6.45, 7) is 4.95. The zero-order valence-corrected chi connectivity index (χ0v) is 16.9. The minimum Gasteiger partial charge on any atom is -0.383 e. The van der Waals surface area contributed by atoms with E-state index in [-0.39, 0.29) is 29.5 Å². The fourth-order valence-corrected chi connectivity index (χ4v) is 5.05. The summed E-state index contributed by atoms with van der Waals surface area (Å²) in [5, 5.41) is 4.55. The summed E-state index contributed by atoms with van der Waals surface area (Å²) in [6, 6.07) is -0.0279. The molecule has 9 nitrogen and oxygen atoms in total. The van der Waals surface area contributed by atoms with Crippen molar-refractivity contribution in [3.63, 3.8) is 0 Å². The van der Waals surface area contributed by atoms with Crippen LogP contribution in [0.4, 0.5) is 0 Å². The van der Waals surface area contributed by atoms with Gasteiger partial charge >= 0.3 is 11.4 Å². The summed E-state index contributed by atoms with van der Waals surface area (Å²) in [5.41, 5.74) is -0.0208. The van der Waals surface area contributed by atoms with Crippen molar-refractivity contribution in [1.82, 2.24) is 23.9 Å². The average molecular weight is 405 g/mol. The van der Waals surface area contributed by atoms with Crippen LogP contribution in [0.2, 0.25) is 0 Å². The maximum absolute atomic E-state index is 13.3. The molecule has 3 heterocycles. The van der Waals surface area contributed by atoms with Crippen LogP contribution in [0, 0.1) is 12.8 Å². The normalized spacial score (nSPS) is 18.8. The molecule has 0 spiro atoms. The van der Waals surface area contributed by atoms with Gasteiger partial charge in [0.1, 0.15) is 11.2 Å². The van der Waals surface area contributed by atoms with E-state index in [1.165, 1.54) is 26.9 Å². The summed E-state index contributed by atoms with van der Waals surface area (Å²) in [4.78, 5) is 42.2. The van der Waals surface area contributed by atoms with Crippen LogP contribution < -0.4 is 16.9 Å². The highest BCUT2D eigenvalue weighted by Gasteiger charge is 2.40. The molecule has 2 atom stereocenters. The number of aromatic amines is 1. The number of aromatic nitrogens is 5. The fraction of sp³-hybridized carbons (Fsp3) is 0.556. The lowest BCUT2D eigenvalue weighted by Crippen LogP contribution is -2.40. The van der Waals surface area contributed by atoms with E-state index in [0.717, 1.165) is 23.3 Å². The Morgan fingerprint density at radius 2 is 2.14 bits per heavy atom. The Kier molecular flexibility index (Phi) is 4.84. The lowest BCUT2D eigenvalue weighted by atomic mass is 10.2. The predicted octanol–water partition coefficient (Wildman–Crippen LogP) is 1.08. The number of nitrogens with zero attached hydrogens (tertiary/aromatic N) is 4. The Balaban J connectivity index is 1.92. The number of thiophene rings is 1. The van der Waals surface area contributed by atoms with Crippen molar-refractivity contribution in [2.24, 2.45) is 5.92 Å². The molecule has 0 aliphatic heterocycles. The molecule has 0 amide bonds. The van der Waals surface area contributed by atoms with E-state index in [9.17, 15) is 14.4 Å². The van der Waals surface area contributed by atoms with Crippen LogP contribution in [0.5, 0.6) is 0 Å². The Bertz CT molecular complexity index is 1200. The number of hydrogen-bond acceptors (Lipinski definition) is 6. The van der Waals surface area contributed by atoms with E-state index in [1.54, 1.807) is 11.7 Å². The molecule has 28 heavy (non-hydrogen) atoms. The van der Waals surface area contributed by atoms with E-state index in [1.807, 2.05) is 6.92 Å². The van der Waals surface area contributed by atoms with Gasteiger partial charge in [-0.3, -0.25) is 18.9 Å². The highest BCUT2D eigenvalue weighted by atomic mass is 32.1. The summed E-state index contributed by atoms with van der Waals surface area (Å²) in [7, 11) is 1.58. The van der Waals surface area contributed by atoms with Gasteiger partial charge in [0.15, 0.2) is 0 Å². The second-order valence-corrected chi connectivity index (χ2v) is 8.24. The highest BCUT2D eigenvalue weighted by molar-refractivity contribution is 7.18. The molecule has 150 valence electrons. The minimum absolute atomic E-state index is 0.0279. The number of rotatable bonds is 7. The molecule has 3 aromatic heterocycles. The first kappa shape index (κ1) is 18.9. The molecule has 0 aromatic carbocycles. The molecule has 10 heteroatoms. The molecule has 4 rings (SSSR count). The predicted molar refractivity (Wildman–Crippen MR) is 106 cm³/mol. The summed E-state index contributed by atoms with van der Waals surface area (Å²) < 4.78 is 9.55. The van der Waals surface area contributed by atoms with Crippen LogP contribution in [0.1, 0.15) is 36.2 Å². The number of nitrogens with one attached hydrogen (secondary N) is 1. The maximum Gasteiger partial charge on any atom is 0.343 e. The molecular weight excluding hydrogens is 382 g/mol. The van der Waals surface area contributed by atoms with E-state index >= 15 is 0 Å². The van der Waals surface area contributed by atoms with Gasteiger partial charge in [0.05, 0.1) is 25.1 Å². The van der Waals surface area contributed by atoms with Crippen molar-refractivity contribution in [2.45, 2.75) is 45.8 Å². The number of aryl methyl sites for hydroxylation is 1. The molecule has 0 radical (unpaired) electrons. The number of H-pyrrole nitrogens is 1. The Morgan fingerprint density at radius 3 is 2.75 bits per heavy atom. The summed E-state index contributed by atoms with van der Waals surface area (Å²) in [5.74, 6) is 0.375. The Hall–Kier alpha value is -2.46. The van der Waals surface area contributed by atoms with Crippen LogP contribution in [0.3, 0.4) is 0 Å². The number of fused-ring (bicyclic) bond motifs is 1. The van der Waals surface area contributed by atoms with E-state index in [4.69, 9.17) is 4.74 Å². The van der Waals surface area contributed by atoms with Gasteiger partial charge in [0, 0.05) is 18.0 Å². The first-order valence-corrected chi connectivity index (χ1v) is 10.2. The fourth-order valence-electron chi connectivity index (χ4n) is 3.75.